The first-order chi connectivity index (χ1) is 13.5. The molecule has 0 saturated carbocycles. The van der Waals surface area contributed by atoms with Gasteiger partial charge in [-0.2, -0.15) is 4.31 Å². The predicted octanol–water partition coefficient (Wildman–Crippen LogP) is 2.30. The van der Waals surface area contributed by atoms with E-state index in [0.29, 0.717) is 18.0 Å². The van der Waals surface area contributed by atoms with Crippen molar-refractivity contribution < 1.29 is 13.2 Å². The lowest BCUT2D eigenvalue weighted by Gasteiger charge is -2.60. The van der Waals surface area contributed by atoms with E-state index in [4.69, 9.17) is 0 Å². The fourth-order valence-electron chi connectivity index (χ4n) is 4.79. The van der Waals surface area contributed by atoms with Gasteiger partial charge in [-0.1, -0.05) is 32.9 Å². The van der Waals surface area contributed by atoms with Crippen molar-refractivity contribution in [2.24, 2.45) is 5.41 Å². The van der Waals surface area contributed by atoms with E-state index in [9.17, 15) is 13.2 Å². The molecule has 6 nitrogen and oxygen atoms in total. The fourth-order valence-corrected chi connectivity index (χ4v) is 6.46. The molecule has 0 aromatic heterocycles. The minimum atomic E-state index is -3.44. The van der Waals surface area contributed by atoms with Crippen LogP contribution in [0.25, 0.3) is 0 Å². The second kappa shape index (κ2) is 7.06. The maximum absolute atomic E-state index is 13.0. The van der Waals surface area contributed by atoms with Crippen LogP contribution in [0.4, 0.5) is 0 Å². The average molecular weight is 420 g/mol. The van der Waals surface area contributed by atoms with Crippen LogP contribution in [0.15, 0.2) is 29.2 Å². The molecule has 1 aromatic carbocycles. The smallest absolute Gasteiger partial charge is 0.243 e. The number of rotatable bonds is 4. The number of hydrogen-bond acceptors (Lipinski definition) is 4. The number of sulfonamides is 1. The Kier molecular flexibility index (Phi) is 5.07. The number of nitrogens with zero attached hydrogens (tertiary/aromatic N) is 3. The minimum Gasteiger partial charge on any atom is -0.341 e. The summed E-state index contributed by atoms with van der Waals surface area (Å²) in [5, 5.41) is 0. The van der Waals surface area contributed by atoms with Crippen molar-refractivity contribution in [3.8, 4) is 0 Å². The summed E-state index contributed by atoms with van der Waals surface area (Å²) in [5.41, 5.74) is 1.16. The second-order valence-electron chi connectivity index (χ2n) is 10.2. The molecule has 1 unspecified atom stereocenters. The zero-order valence-corrected chi connectivity index (χ0v) is 18.8. The van der Waals surface area contributed by atoms with E-state index in [1.807, 2.05) is 24.0 Å². The Labute approximate surface area is 174 Å². The van der Waals surface area contributed by atoms with Crippen molar-refractivity contribution in [3.63, 3.8) is 0 Å². The lowest BCUT2D eigenvalue weighted by atomic mass is 9.73. The van der Waals surface area contributed by atoms with Crippen LogP contribution in [0, 0.1) is 5.41 Å². The van der Waals surface area contributed by atoms with E-state index in [1.54, 1.807) is 16.4 Å². The lowest BCUT2D eigenvalue weighted by Crippen LogP contribution is -2.74. The van der Waals surface area contributed by atoms with Crippen LogP contribution in [0.1, 0.15) is 46.1 Å². The van der Waals surface area contributed by atoms with Crippen molar-refractivity contribution in [1.82, 2.24) is 14.1 Å². The summed E-state index contributed by atoms with van der Waals surface area (Å²) in [7, 11) is -3.44. The van der Waals surface area contributed by atoms with Gasteiger partial charge < -0.3 is 4.90 Å². The first kappa shape index (κ1) is 20.8. The van der Waals surface area contributed by atoms with Crippen LogP contribution in [-0.4, -0.2) is 73.7 Å². The monoisotopic (exact) mass is 419 g/mol. The number of likely N-dealkylation sites (tertiary alicyclic amines) is 2. The lowest BCUT2D eigenvalue weighted by molar-refractivity contribution is -0.147. The van der Waals surface area contributed by atoms with Gasteiger partial charge in [0.25, 0.3) is 0 Å². The van der Waals surface area contributed by atoms with Crippen LogP contribution in [0.3, 0.4) is 0 Å². The Bertz CT molecular complexity index is 869. The standard InChI is InChI=1S/C22H33N3O3S/c1-17(20(26)23-11-5-6-12-23)24-13-22(14-24)15-25(16-22)29(27,28)19-9-7-18(8-10-19)21(2,3)4/h7-10,17H,5-6,11-16H2,1-4H3. The third-order valence-electron chi connectivity index (χ3n) is 6.78. The largest absolute Gasteiger partial charge is 0.341 e. The first-order valence-corrected chi connectivity index (χ1v) is 12.1. The van der Waals surface area contributed by atoms with Gasteiger partial charge in [0, 0.05) is 44.7 Å². The maximum atomic E-state index is 13.0. The Morgan fingerprint density at radius 2 is 1.55 bits per heavy atom. The van der Waals surface area contributed by atoms with E-state index >= 15 is 0 Å². The molecule has 3 aliphatic heterocycles. The van der Waals surface area contributed by atoms with Crippen LogP contribution in [-0.2, 0) is 20.2 Å². The van der Waals surface area contributed by atoms with Gasteiger partial charge in [-0.05, 0) is 42.9 Å². The van der Waals surface area contributed by atoms with Gasteiger partial charge in [0.1, 0.15) is 0 Å². The van der Waals surface area contributed by atoms with E-state index in [1.165, 1.54) is 0 Å². The highest BCUT2D eigenvalue weighted by Gasteiger charge is 2.56. The molecule has 3 aliphatic rings. The highest BCUT2D eigenvalue weighted by molar-refractivity contribution is 7.89. The molecule has 1 spiro atoms. The van der Waals surface area contributed by atoms with Gasteiger partial charge in [0.05, 0.1) is 10.9 Å². The van der Waals surface area contributed by atoms with Gasteiger partial charge in [-0.25, -0.2) is 8.42 Å². The SMILES string of the molecule is CC(C(=O)N1CCCC1)N1CC2(C1)CN(S(=O)(=O)c1ccc(C(C)(C)C)cc1)C2. The average Bonchev–Trinajstić information content (AvgIpc) is 3.12. The summed E-state index contributed by atoms with van der Waals surface area (Å²) < 4.78 is 27.5. The van der Waals surface area contributed by atoms with Gasteiger partial charge >= 0.3 is 0 Å². The van der Waals surface area contributed by atoms with Gasteiger partial charge in [0.15, 0.2) is 0 Å². The Morgan fingerprint density at radius 3 is 2.07 bits per heavy atom. The third kappa shape index (κ3) is 3.73. The Balaban J connectivity index is 1.33. The number of carbonyl (C=O) groups is 1. The van der Waals surface area contributed by atoms with Crippen LogP contribution in [0.5, 0.6) is 0 Å². The first-order valence-electron chi connectivity index (χ1n) is 10.7. The molecule has 0 bridgehead atoms. The Morgan fingerprint density at radius 1 is 1.00 bits per heavy atom. The molecule has 0 radical (unpaired) electrons. The molecule has 29 heavy (non-hydrogen) atoms. The molecule has 7 heteroatoms. The van der Waals surface area contributed by atoms with Crippen molar-refractivity contribution in [2.45, 2.75) is 56.9 Å². The molecule has 1 aromatic rings. The summed E-state index contributed by atoms with van der Waals surface area (Å²) in [4.78, 5) is 17.1. The third-order valence-corrected chi connectivity index (χ3v) is 8.59. The molecule has 0 aliphatic carbocycles. The highest BCUT2D eigenvalue weighted by Crippen LogP contribution is 2.43. The summed E-state index contributed by atoms with van der Waals surface area (Å²) >= 11 is 0. The summed E-state index contributed by atoms with van der Waals surface area (Å²) in [6.45, 7) is 12.8. The summed E-state index contributed by atoms with van der Waals surface area (Å²) in [6.07, 6.45) is 2.21. The molecule has 1 amide bonds. The second-order valence-corrected chi connectivity index (χ2v) is 12.1. The number of benzene rings is 1. The topological polar surface area (TPSA) is 60.9 Å². The molecule has 3 saturated heterocycles. The zero-order valence-electron chi connectivity index (χ0n) is 18.0. The highest BCUT2D eigenvalue weighted by atomic mass is 32.2. The molecule has 3 fully saturated rings. The van der Waals surface area contributed by atoms with E-state index < -0.39 is 10.0 Å². The van der Waals surface area contributed by atoms with E-state index in [-0.39, 0.29) is 22.8 Å². The van der Waals surface area contributed by atoms with Crippen molar-refractivity contribution in [1.29, 1.82) is 0 Å². The molecule has 3 heterocycles. The fraction of sp³-hybridized carbons (Fsp3) is 0.682. The van der Waals surface area contributed by atoms with Crippen molar-refractivity contribution in [2.75, 3.05) is 39.3 Å². The molecular formula is C22H33N3O3S. The van der Waals surface area contributed by atoms with E-state index in [0.717, 1.165) is 44.6 Å². The molecule has 4 rings (SSSR count). The van der Waals surface area contributed by atoms with Crippen LogP contribution >= 0.6 is 0 Å². The Hall–Kier alpha value is -1.44. The number of carbonyl (C=O) groups excluding carboxylic acids is 1. The summed E-state index contributed by atoms with van der Waals surface area (Å²) in [6, 6.07) is 7.18. The molecule has 1 atom stereocenters. The van der Waals surface area contributed by atoms with E-state index in [2.05, 4.69) is 25.7 Å². The van der Waals surface area contributed by atoms with Crippen molar-refractivity contribution in [3.05, 3.63) is 29.8 Å². The molecule has 0 N–H and O–H groups in total. The zero-order chi connectivity index (χ0) is 21.0. The predicted molar refractivity (Wildman–Crippen MR) is 113 cm³/mol. The van der Waals surface area contributed by atoms with Crippen LogP contribution < -0.4 is 0 Å². The molecule has 160 valence electrons. The quantitative estimate of drug-likeness (QED) is 0.751. The van der Waals surface area contributed by atoms with Gasteiger partial charge in [-0.15, -0.1) is 0 Å². The maximum Gasteiger partial charge on any atom is 0.243 e. The van der Waals surface area contributed by atoms with Gasteiger partial charge in [-0.3, -0.25) is 9.69 Å². The number of amides is 1. The normalized spacial score (nSPS) is 23.7. The van der Waals surface area contributed by atoms with Crippen LogP contribution in [0.2, 0.25) is 0 Å². The van der Waals surface area contributed by atoms with Gasteiger partial charge in [0.2, 0.25) is 15.9 Å². The summed E-state index contributed by atoms with van der Waals surface area (Å²) in [5.74, 6) is 0.222. The minimum absolute atomic E-state index is 0.00168. The molecular weight excluding hydrogens is 386 g/mol. The van der Waals surface area contributed by atoms with Crippen molar-refractivity contribution >= 4 is 15.9 Å². The number of hydrogen-bond donors (Lipinski definition) is 0.